The van der Waals surface area contributed by atoms with E-state index in [2.05, 4.69) is 4.74 Å². The van der Waals surface area contributed by atoms with Crippen molar-refractivity contribution in [3.8, 4) is 5.75 Å². The van der Waals surface area contributed by atoms with Gasteiger partial charge in [0.1, 0.15) is 5.75 Å². The highest BCUT2D eigenvalue weighted by Crippen LogP contribution is 2.37. The van der Waals surface area contributed by atoms with Crippen molar-refractivity contribution in [3.05, 3.63) is 66.7 Å². The van der Waals surface area contributed by atoms with E-state index in [1.54, 1.807) is 6.07 Å². The average molecular weight is 312 g/mol. The first-order chi connectivity index (χ1) is 11.0. The Labute approximate surface area is 129 Å². The Morgan fingerprint density at radius 2 is 1.00 bits per heavy atom. The third kappa shape index (κ3) is 2.36. The molecule has 23 heavy (non-hydrogen) atoms. The zero-order valence-electron chi connectivity index (χ0n) is 11.9. The third-order valence-electron chi connectivity index (χ3n) is 3.95. The number of alkyl halides is 3. The fourth-order valence-corrected chi connectivity index (χ4v) is 3.08. The highest BCUT2D eigenvalue weighted by Gasteiger charge is 2.31. The Kier molecular flexibility index (Phi) is 2.94. The topological polar surface area (TPSA) is 9.23 Å². The van der Waals surface area contributed by atoms with Crippen LogP contribution in [0.15, 0.2) is 66.7 Å². The second-order valence-corrected chi connectivity index (χ2v) is 5.35. The van der Waals surface area contributed by atoms with Crippen molar-refractivity contribution in [2.45, 2.75) is 6.36 Å². The number of hydrogen-bond donors (Lipinski definition) is 0. The molecule has 0 aliphatic rings. The number of rotatable bonds is 1. The monoisotopic (exact) mass is 312 g/mol. The van der Waals surface area contributed by atoms with Crippen molar-refractivity contribution in [1.29, 1.82) is 0 Å². The Morgan fingerprint density at radius 3 is 1.48 bits per heavy atom. The summed E-state index contributed by atoms with van der Waals surface area (Å²) >= 11 is 0. The number of fused-ring (bicyclic) bond motifs is 6. The van der Waals surface area contributed by atoms with Gasteiger partial charge in [-0.2, -0.15) is 0 Å². The lowest BCUT2D eigenvalue weighted by Crippen LogP contribution is -2.16. The van der Waals surface area contributed by atoms with Gasteiger partial charge in [0.2, 0.25) is 0 Å². The van der Waals surface area contributed by atoms with E-state index in [1.807, 2.05) is 48.5 Å². The number of halogens is 3. The molecule has 4 aromatic carbocycles. The van der Waals surface area contributed by atoms with Crippen molar-refractivity contribution in [2.24, 2.45) is 0 Å². The highest BCUT2D eigenvalue weighted by atomic mass is 19.4. The van der Waals surface area contributed by atoms with Crippen molar-refractivity contribution < 1.29 is 17.9 Å². The summed E-state index contributed by atoms with van der Waals surface area (Å²) in [6.45, 7) is 0. The smallest absolute Gasteiger partial charge is 0.406 e. The molecule has 114 valence electrons. The summed E-state index contributed by atoms with van der Waals surface area (Å²) in [7, 11) is 0. The van der Waals surface area contributed by atoms with E-state index >= 15 is 0 Å². The van der Waals surface area contributed by atoms with Crippen LogP contribution in [0.2, 0.25) is 0 Å². The van der Waals surface area contributed by atoms with Crippen LogP contribution in [0.1, 0.15) is 0 Å². The second-order valence-electron chi connectivity index (χ2n) is 5.35. The normalized spacial score (nSPS) is 12.1. The van der Waals surface area contributed by atoms with E-state index in [0.717, 1.165) is 32.3 Å². The SMILES string of the molecule is FC(F)(F)Oc1ccc2c3ccccc3c3ccccc3c2c1. The fraction of sp³-hybridized carbons (Fsp3) is 0.0526. The lowest BCUT2D eigenvalue weighted by Gasteiger charge is -2.13. The van der Waals surface area contributed by atoms with Crippen LogP contribution in [-0.4, -0.2) is 6.36 Å². The molecule has 4 heteroatoms. The molecule has 0 heterocycles. The van der Waals surface area contributed by atoms with Gasteiger partial charge < -0.3 is 4.74 Å². The molecule has 0 fully saturated rings. The van der Waals surface area contributed by atoms with Gasteiger partial charge in [-0.25, -0.2) is 0 Å². The van der Waals surface area contributed by atoms with Gasteiger partial charge in [0.25, 0.3) is 0 Å². The maximum absolute atomic E-state index is 12.5. The Balaban J connectivity index is 2.13. The predicted octanol–water partition coefficient (Wildman–Crippen LogP) is 6.04. The molecule has 0 aliphatic carbocycles. The summed E-state index contributed by atoms with van der Waals surface area (Å²) in [5, 5.41) is 5.68. The number of ether oxygens (including phenoxy) is 1. The molecular formula is C19H11F3O. The van der Waals surface area contributed by atoms with E-state index in [-0.39, 0.29) is 5.75 Å². The maximum Gasteiger partial charge on any atom is 0.573 e. The van der Waals surface area contributed by atoms with Gasteiger partial charge in [0, 0.05) is 0 Å². The number of benzene rings is 4. The zero-order valence-corrected chi connectivity index (χ0v) is 11.9. The van der Waals surface area contributed by atoms with Crippen LogP contribution in [0.25, 0.3) is 32.3 Å². The quantitative estimate of drug-likeness (QED) is 0.389. The van der Waals surface area contributed by atoms with Crippen molar-refractivity contribution in [2.75, 3.05) is 0 Å². The minimum Gasteiger partial charge on any atom is -0.406 e. The van der Waals surface area contributed by atoms with Gasteiger partial charge in [0.05, 0.1) is 0 Å². The summed E-state index contributed by atoms with van der Waals surface area (Å²) < 4.78 is 41.5. The summed E-state index contributed by atoms with van der Waals surface area (Å²) in [6.07, 6.45) is -4.69. The molecule has 0 amide bonds. The standard InChI is InChI=1S/C19H11F3O/c20-19(21,22)23-12-9-10-17-15-7-2-1-5-13(15)14-6-3-4-8-16(14)18(17)11-12/h1-11H. The molecule has 4 aromatic rings. The van der Waals surface area contributed by atoms with Crippen LogP contribution in [0.5, 0.6) is 5.75 Å². The van der Waals surface area contributed by atoms with Crippen LogP contribution >= 0.6 is 0 Å². The van der Waals surface area contributed by atoms with Crippen LogP contribution in [0, 0.1) is 0 Å². The van der Waals surface area contributed by atoms with Crippen LogP contribution < -0.4 is 4.74 Å². The third-order valence-corrected chi connectivity index (χ3v) is 3.95. The summed E-state index contributed by atoms with van der Waals surface area (Å²) in [6, 6.07) is 20.1. The number of hydrogen-bond acceptors (Lipinski definition) is 1. The molecule has 0 N–H and O–H groups in total. The average Bonchev–Trinajstić information content (AvgIpc) is 2.53. The van der Waals surface area contributed by atoms with Crippen LogP contribution in [0.4, 0.5) is 13.2 Å². The Morgan fingerprint density at radius 1 is 0.565 bits per heavy atom. The second kappa shape index (κ2) is 4.88. The molecule has 0 saturated carbocycles. The van der Waals surface area contributed by atoms with Gasteiger partial charge in [0.15, 0.2) is 0 Å². The molecule has 0 atom stereocenters. The van der Waals surface area contributed by atoms with Crippen LogP contribution in [0.3, 0.4) is 0 Å². The minimum atomic E-state index is -4.69. The van der Waals surface area contributed by atoms with Crippen molar-refractivity contribution in [3.63, 3.8) is 0 Å². The molecule has 0 spiro atoms. The summed E-state index contributed by atoms with van der Waals surface area (Å²) in [5.41, 5.74) is 0. The molecule has 0 unspecified atom stereocenters. The molecule has 1 nitrogen and oxygen atoms in total. The lowest BCUT2D eigenvalue weighted by molar-refractivity contribution is -0.274. The molecule has 0 saturated heterocycles. The molecule has 0 bridgehead atoms. The first kappa shape index (κ1) is 13.9. The fourth-order valence-electron chi connectivity index (χ4n) is 3.08. The minimum absolute atomic E-state index is 0.203. The van der Waals surface area contributed by atoms with Crippen molar-refractivity contribution >= 4 is 32.3 Å². The predicted molar refractivity (Wildman–Crippen MR) is 85.6 cm³/mol. The molecule has 4 rings (SSSR count). The molecular weight excluding hydrogens is 301 g/mol. The Bertz CT molecular complexity index is 1000. The maximum atomic E-state index is 12.5. The molecule has 0 radical (unpaired) electrons. The van der Waals surface area contributed by atoms with E-state index in [1.165, 1.54) is 12.1 Å². The van der Waals surface area contributed by atoms with Gasteiger partial charge in [-0.1, -0.05) is 54.6 Å². The van der Waals surface area contributed by atoms with Crippen molar-refractivity contribution in [1.82, 2.24) is 0 Å². The summed E-state index contributed by atoms with van der Waals surface area (Å²) in [5.74, 6) is -0.203. The van der Waals surface area contributed by atoms with Gasteiger partial charge in [-0.05, 0) is 44.5 Å². The highest BCUT2D eigenvalue weighted by molar-refractivity contribution is 6.25. The van der Waals surface area contributed by atoms with Gasteiger partial charge in [-0.3, -0.25) is 0 Å². The van der Waals surface area contributed by atoms with Crippen LogP contribution in [-0.2, 0) is 0 Å². The summed E-state index contributed by atoms with van der Waals surface area (Å²) in [4.78, 5) is 0. The first-order valence-electron chi connectivity index (χ1n) is 7.12. The molecule has 0 aromatic heterocycles. The largest absolute Gasteiger partial charge is 0.573 e. The lowest BCUT2D eigenvalue weighted by atomic mass is 9.94. The first-order valence-corrected chi connectivity index (χ1v) is 7.12. The van der Waals surface area contributed by atoms with E-state index in [9.17, 15) is 13.2 Å². The molecule has 0 aliphatic heterocycles. The van der Waals surface area contributed by atoms with Gasteiger partial charge in [-0.15, -0.1) is 13.2 Å². The van der Waals surface area contributed by atoms with Gasteiger partial charge >= 0.3 is 6.36 Å². The van der Waals surface area contributed by atoms with E-state index in [0.29, 0.717) is 0 Å². The zero-order chi connectivity index (χ0) is 16.0. The van der Waals surface area contributed by atoms with E-state index < -0.39 is 6.36 Å². The Hall–Kier alpha value is -2.75. The van der Waals surface area contributed by atoms with E-state index in [4.69, 9.17) is 0 Å².